The summed E-state index contributed by atoms with van der Waals surface area (Å²) in [6, 6.07) is 11.9. The van der Waals surface area contributed by atoms with Crippen molar-refractivity contribution < 1.29 is 14.5 Å². The third-order valence-electron chi connectivity index (χ3n) is 5.67. The monoisotopic (exact) mass is 464 g/mol. The molecule has 1 aliphatic rings. The van der Waals surface area contributed by atoms with Crippen LogP contribution in [0.15, 0.2) is 42.5 Å². The second-order valence-corrected chi connectivity index (χ2v) is 8.35. The Balaban J connectivity index is 1.65. The lowest BCUT2D eigenvalue weighted by atomic mass is 10.0. The second-order valence-electron chi connectivity index (χ2n) is 7.92. The van der Waals surface area contributed by atoms with Crippen molar-refractivity contribution in [1.29, 1.82) is 0 Å². The van der Waals surface area contributed by atoms with E-state index in [0.717, 1.165) is 5.56 Å². The van der Waals surface area contributed by atoms with E-state index in [1.54, 1.807) is 50.3 Å². The van der Waals surface area contributed by atoms with Crippen molar-refractivity contribution in [1.82, 2.24) is 10.3 Å². The maximum atomic E-state index is 12.9. The van der Waals surface area contributed by atoms with Gasteiger partial charge < -0.3 is 15.6 Å². The lowest BCUT2D eigenvalue weighted by Crippen LogP contribution is -2.26. The highest BCUT2D eigenvalue weighted by molar-refractivity contribution is 6.35. The number of carbonyl (C=O) groups excluding carboxylic acids is 2. The summed E-state index contributed by atoms with van der Waals surface area (Å²) in [6.45, 7) is 5.10. The van der Waals surface area contributed by atoms with E-state index < -0.39 is 4.92 Å². The molecule has 2 amide bonds. The highest BCUT2D eigenvalue weighted by Crippen LogP contribution is 2.36. The number of carbonyl (C=O) groups is 2. The Labute approximate surface area is 194 Å². The van der Waals surface area contributed by atoms with E-state index in [-0.39, 0.29) is 23.5 Å². The number of hydrogen-bond donors (Lipinski definition) is 3. The molecule has 3 N–H and O–H groups in total. The number of amides is 2. The predicted octanol–water partition coefficient (Wildman–Crippen LogP) is 5.18. The number of hydrogen-bond acceptors (Lipinski definition) is 4. The van der Waals surface area contributed by atoms with Crippen LogP contribution in [0.1, 0.15) is 51.4 Å². The zero-order valence-electron chi connectivity index (χ0n) is 18.2. The minimum Gasteiger partial charge on any atom is -0.353 e. The Morgan fingerprint density at radius 2 is 1.97 bits per heavy atom. The molecule has 168 valence electrons. The van der Waals surface area contributed by atoms with E-state index in [1.165, 1.54) is 0 Å². The van der Waals surface area contributed by atoms with Crippen LogP contribution in [0.25, 0.3) is 11.6 Å². The average Bonchev–Trinajstić information content (AvgIpc) is 3.22. The van der Waals surface area contributed by atoms with Crippen LogP contribution >= 0.6 is 11.6 Å². The molecular weight excluding hydrogens is 444 g/mol. The molecule has 2 aromatic carbocycles. The number of rotatable bonds is 5. The number of nitrogens with zero attached hydrogens (tertiary/aromatic N) is 1. The van der Waals surface area contributed by atoms with Gasteiger partial charge in [0.15, 0.2) is 0 Å². The normalized spacial score (nSPS) is 14.7. The SMILES string of the molecule is Cc1[nH]c(/C=C2\C(=O)Nc3ccc(C(=O)NC(C)c4cccc(Cl)c4)cc32)c(C)c1[N+](=O)[O-]. The highest BCUT2D eigenvalue weighted by Gasteiger charge is 2.27. The molecule has 1 aromatic heterocycles. The zero-order valence-corrected chi connectivity index (χ0v) is 18.9. The lowest BCUT2D eigenvalue weighted by Gasteiger charge is -2.15. The average molecular weight is 465 g/mol. The minimum absolute atomic E-state index is 0.0105. The van der Waals surface area contributed by atoms with Crippen LogP contribution in [0.2, 0.25) is 5.02 Å². The molecule has 1 unspecified atom stereocenters. The van der Waals surface area contributed by atoms with Gasteiger partial charge in [-0.25, -0.2) is 0 Å². The molecule has 0 fully saturated rings. The number of anilines is 1. The largest absolute Gasteiger partial charge is 0.353 e. The zero-order chi connectivity index (χ0) is 23.9. The number of benzene rings is 2. The van der Waals surface area contributed by atoms with Gasteiger partial charge >= 0.3 is 0 Å². The number of aryl methyl sites for hydroxylation is 1. The Morgan fingerprint density at radius 1 is 1.21 bits per heavy atom. The van der Waals surface area contributed by atoms with Gasteiger partial charge in [-0.2, -0.15) is 0 Å². The van der Waals surface area contributed by atoms with Gasteiger partial charge in [-0.3, -0.25) is 19.7 Å². The molecule has 3 aromatic rings. The van der Waals surface area contributed by atoms with E-state index in [4.69, 9.17) is 11.6 Å². The first-order valence-corrected chi connectivity index (χ1v) is 10.6. The van der Waals surface area contributed by atoms with Crippen molar-refractivity contribution in [2.75, 3.05) is 5.32 Å². The summed E-state index contributed by atoms with van der Waals surface area (Å²) < 4.78 is 0. The van der Waals surface area contributed by atoms with E-state index in [0.29, 0.717) is 44.4 Å². The smallest absolute Gasteiger partial charge is 0.293 e. The van der Waals surface area contributed by atoms with Gasteiger partial charge in [-0.1, -0.05) is 23.7 Å². The van der Waals surface area contributed by atoms with Crippen molar-refractivity contribution in [2.24, 2.45) is 0 Å². The van der Waals surface area contributed by atoms with Crippen LogP contribution in [0.5, 0.6) is 0 Å². The molecular formula is C24H21ClN4O4. The van der Waals surface area contributed by atoms with Gasteiger partial charge in [-0.15, -0.1) is 0 Å². The van der Waals surface area contributed by atoms with Crippen molar-refractivity contribution in [3.63, 3.8) is 0 Å². The molecule has 0 bridgehead atoms. The summed E-state index contributed by atoms with van der Waals surface area (Å²) in [5.41, 5.74) is 4.01. The number of halogens is 1. The predicted molar refractivity (Wildman–Crippen MR) is 127 cm³/mol. The first-order chi connectivity index (χ1) is 15.7. The van der Waals surface area contributed by atoms with Crippen LogP contribution in [-0.2, 0) is 4.79 Å². The summed E-state index contributed by atoms with van der Waals surface area (Å²) >= 11 is 6.04. The first kappa shape index (κ1) is 22.3. The fraction of sp³-hybridized carbons (Fsp3) is 0.167. The van der Waals surface area contributed by atoms with Crippen LogP contribution in [0.3, 0.4) is 0 Å². The Hall–Kier alpha value is -3.91. The lowest BCUT2D eigenvalue weighted by molar-refractivity contribution is -0.385. The van der Waals surface area contributed by atoms with Gasteiger partial charge in [0.1, 0.15) is 0 Å². The quantitative estimate of drug-likeness (QED) is 0.274. The summed E-state index contributed by atoms with van der Waals surface area (Å²) in [5.74, 6) is -0.643. The molecule has 0 aliphatic carbocycles. The highest BCUT2D eigenvalue weighted by atomic mass is 35.5. The van der Waals surface area contributed by atoms with Crippen molar-refractivity contribution >= 4 is 46.4 Å². The fourth-order valence-electron chi connectivity index (χ4n) is 3.94. The standard InChI is InChI=1S/C24H21ClN4O4/c1-12-21(26-14(3)22(12)29(32)33)11-19-18-10-16(7-8-20(18)28-24(19)31)23(30)27-13(2)15-5-4-6-17(25)9-15/h4-11,13,26H,1-3H3,(H,27,30)(H,28,31)/b19-11-. The topological polar surface area (TPSA) is 117 Å². The molecule has 1 aliphatic heterocycles. The molecule has 33 heavy (non-hydrogen) atoms. The van der Waals surface area contributed by atoms with Crippen molar-refractivity contribution in [3.8, 4) is 0 Å². The Bertz CT molecular complexity index is 1340. The molecule has 2 heterocycles. The number of aromatic nitrogens is 1. The molecule has 0 spiro atoms. The van der Waals surface area contributed by atoms with Crippen LogP contribution in [-0.4, -0.2) is 21.7 Å². The molecule has 8 nitrogen and oxygen atoms in total. The summed E-state index contributed by atoms with van der Waals surface area (Å²) in [4.78, 5) is 39.3. The van der Waals surface area contributed by atoms with E-state index >= 15 is 0 Å². The second kappa shape index (κ2) is 8.55. The minimum atomic E-state index is -0.449. The number of nitro groups is 1. The van der Waals surface area contributed by atoms with E-state index in [9.17, 15) is 19.7 Å². The summed E-state index contributed by atoms with van der Waals surface area (Å²) in [7, 11) is 0. The van der Waals surface area contributed by atoms with Gasteiger partial charge in [0.05, 0.1) is 27.8 Å². The molecule has 0 saturated heterocycles. The van der Waals surface area contributed by atoms with Crippen LogP contribution < -0.4 is 10.6 Å². The van der Waals surface area contributed by atoms with Gasteiger partial charge in [-0.05, 0) is 62.7 Å². The molecule has 9 heteroatoms. The van der Waals surface area contributed by atoms with E-state index in [1.807, 2.05) is 19.1 Å². The van der Waals surface area contributed by atoms with E-state index in [2.05, 4.69) is 15.6 Å². The van der Waals surface area contributed by atoms with Crippen LogP contribution in [0.4, 0.5) is 11.4 Å². The van der Waals surface area contributed by atoms with Crippen molar-refractivity contribution in [2.45, 2.75) is 26.8 Å². The third-order valence-corrected chi connectivity index (χ3v) is 5.90. The Kier molecular flexibility index (Phi) is 5.78. The Morgan fingerprint density at radius 3 is 2.64 bits per heavy atom. The first-order valence-electron chi connectivity index (χ1n) is 10.2. The number of H-pyrrole nitrogens is 1. The van der Waals surface area contributed by atoms with Gasteiger partial charge in [0.2, 0.25) is 0 Å². The molecule has 1 atom stereocenters. The third kappa shape index (κ3) is 4.25. The number of fused-ring (bicyclic) bond motifs is 1. The maximum absolute atomic E-state index is 12.9. The van der Waals surface area contributed by atoms with Gasteiger partial charge in [0.25, 0.3) is 17.5 Å². The van der Waals surface area contributed by atoms with Crippen molar-refractivity contribution in [3.05, 3.63) is 91.2 Å². The number of nitrogens with one attached hydrogen (secondary N) is 3. The van der Waals surface area contributed by atoms with Gasteiger partial charge in [0, 0.05) is 27.5 Å². The number of aromatic amines is 1. The molecule has 0 radical (unpaired) electrons. The van der Waals surface area contributed by atoms with Crippen LogP contribution in [0, 0.1) is 24.0 Å². The summed E-state index contributed by atoms with van der Waals surface area (Å²) in [5, 5.41) is 17.6. The maximum Gasteiger partial charge on any atom is 0.293 e. The summed E-state index contributed by atoms with van der Waals surface area (Å²) in [6.07, 6.45) is 1.58. The molecule has 0 saturated carbocycles. The molecule has 4 rings (SSSR count). The fourth-order valence-corrected chi connectivity index (χ4v) is 4.14.